The third-order valence-electron chi connectivity index (χ3n) is 4.21. The number of carbonyl (C=O) groups is 2. The number of amides is 2. The molecule has 2 N–H and O–H groups in total. The molecule has 0 aliphatic carbocycles. The smallest absolute Gasteiger partial charge is 0.257 e. The molecule has 0 aliphatic heterocycles. The fourth-order valence-electron chi connectivity index (χ4n) is 2.69. The highest BCUT2D eigenvalue weighted by Crippen LogP contribution is 2.19. The minimum absolute atomic E-state index is 0.0673. The minimum atomic E-state index is -1.15. The van der Waals surface area contributed by atoms with E-state index in [1.54, 1.807) is 13.8 Å². The topological polar surface area (TPSA) is 58.2 Å². The van der Waals surface area contributed by atoms with E-state index in [1.807, 2.05) is 0 Å². The molecule has 0 spiro atoms. The third kappa shape index (κ3) is 4.88. The lowest BCUT2D eigenvalue weighted by atomic mass is 10.0. The Kier molecular flexibility index (Phi) is 6.77. The summed E-state index contributed by atoms with van der Waals surface area (Å²) in [6.45, 7) is 4.69. The van der Waals surface area contributed by atoms with Crippen LogP contribution < -0.4 is 10.6 Å². The van der Waals surface area contributed by atoms with Crippen molar-refractivity contribution in [1.82, 2.24) is 10.6 Å². The van der Waals surface area contributed by atoms with Gasteiger partial charge in [0.1, 0.15) is 34.9 Å². The summed E-state index contributed by atoms with van der Waals surface area (Å²) in [7, 11) is 0. The van der Waals surface area contributed by atoms with Gasteiger partial charge in [0.25, 0.3) is 5.91 Å². The summed E-state index contributed by atoms with van der Waals surface area (Å²) < 4.78 is 54.8. The highest BCUT2D eigenvalue weighted by molar-refractivity contribution is 5.98. The Morgan fingerprint density at radius 3 is 2.04 bits per heavy atom. The minimum Gasteiger partial charge on any atom is -0.348 e. The molecular weight excluding hydrogens is 376 g/mol. The van der Waals surface area contributed by atoms with E-state index in [2.05, 4.69) is 10.6 Å². The quantitative estimate of drug-likeness (QED) is 0.729. The average molecular weight is 396 g/mol. The Hall–Kier alpha value is -2.90. The summed E-state index contributed by atoms with van der Waals surface area (Å²) in [6, 6.07) is 3.77. The van der Waals surface area contributed by atoms with Gasteiger partial charge in [-0.25, -0.2) is 17.6 Å². The van der Waals surface area contributed by atoms with Gasteiger partial charge in [0, 0.05) is 5.56 Å². The predicted octanol–water partition coefficient (Wildman–Crippen LogP) is 3.87. The number of rotatable bonds is 6. The summed E-state index contributed by atoms with van der Waals surface area (Å²) in [5, 5.41) is 4.78. The van der Waals surface area contributed by atoms with Gasteiger partial charge in [-0.2, -0.15) is 0 Å². The molecule has 0 saturated heterocycles. The van der Waals surface area contributed by atoms with E-state index in [4.69, 9.17) is 0 Å². The van der Waals surface area contributed by atoms with Crippen LogP contribution in [0.2, 0.25) is 0 Å². The van der Waals surface area contributed by atoms with Crippen LogP contribution in [0.25, 0.3) is 0 Å². The number of hydrogen-bond acceptors (Lipinski definition) is 2. The van der Waals surface area contributed by atoms with E-state index in [9.17, 15) is 27.2 Å². The summed E-state index contributed by atoms with van der Waals surface area (Å²) >= 11 is 0. The Morgan fingerprint density at radius 2 is 1.46 bits per heavy atom. The monoisotopic (exact) mass is 396 g/mol. The molecule has 2 unspecified atom stereocenters. The first-order valence-electron chi connectivity index (χ1n) is 8.62. The van der Waals surface area contributed by atoms with E-state index >= 15 is 0 Å². The number of nitrogens with one attached hydrogen (secondary N) is 2. The fourth-order valence-corrected chi connectivity index (χ4v) is 2.69. The van der Waals surface area contributed by atoms with Crippen LogP contribution in [0.4, 0.5) is 17.6 Å². The molecule has 0 saturated carbocycles. The van der Waals surface area contributed by atoms with Crippen molar-refractivity contribution >= 4 is 11.8 Å². The van der Waals surface area contributed by atoms with Crippen molar-refractivity contribution in [2.75, 3.05) is 0 Å². The first-order valence-corrected chi connectivity index (χ1v) is 8.62. The standard InChI is InChI=1S/C20H20F4N2O2/c1-10(2)18(26-19(27)17-15(23)5-4-6-16(17)24)20(28)25-11(3)13-9-12(21)7-8-14(13)22/h4-11,18H,1-3H3,(H,25,28)(H,26,27). The average Bonchev–Trinajstić information content (AvgIpc) is 2.61. The van der Waals surface area contributed by atoms with E-state index in [1.165, 1.54) is 6.92 Å². The Balaban J connectivity index is 2.18. The molecule has 28 heavy (non-hydrogen) atoms. The SMILES string of the molecule is CC(NC(=O)C(NC(=O)c1c(F)cccc1F)C(C)C)c1cc(F)ccc1F. The Bertz CT molecular complexity index is 866. The van der Waals surface area contributed by atoms with Gasteiger partial charge in [-0.15, -0.1) is 0 Å². The van der Waals surface area contributed by atoms with Crippen molar-refractivity contribution in [2.45, 2.75) is 32.9 Å². The van der Waals surface area contributed by atoms with Crippen molar-refractivity contribution in [3.63, 3.8) is 0 Å². The van der Waals surface area contributed by atoms with Crippen molar-refractivity contribution in [3.05, 3.63) is 70.8 Å². The maximum absolute atomic E-state index is 13.9. The molecule has 0 bridgehead atoms. The van der Waals surface area contributed by atoms with Gasteiger partial charge in [-0.3, -0.25) is 9.59 Å². The van der Waals surface area contributed by atoms with E-state index in [-0.39, 0.29) is 5.56 Å². The lowest BCUT2D eigenvalue weighted by Gasteiger charge is -2.24. The summed E-state index contributed by atoms with van der Waals surface area (Å²) in [5.41, 5.74) is -0.868. The second-order valence-electron chi connectivity index (χ2n) is 6.69. The first-order chi connectivity index (χ1) is 13.1. The van der Waals surface area contributed by atoms with Gasteiger partial charge < -0.3 is 10.6 Å². The molecule has 4 nitrogen and oxygen atoms in total. The molecule has 2 rings (SSSR count). The molecule has 2 atom stereocenters. The molecule has 0 aromatic heterocycles. The zero-order valence-corrected chi connectivity index (χ0v) is 15.5. The number of benzene rings is 2. The van der Waals surface area contributed by atoms with Crippen LogP contribution in [-0.2, 0) is 4.79 Å². The number of carbonyl (C=O) groups excluding carboxylic acids is 2. The highest BCUT2D eigenvalue weighted by Gasteiger charge is 2.28. The van der Waals surface area contributed by atoms with Crippen molar-refractivity contribution in [1.29, 1.82) is 0 Å². The lowest BCUT2D eigenvalue weighted by molar-refractivity contribution is -0.124. The molecule has 2 aromatic rings. The Labute approximate surface area is 159 Å². The lowest BCUT2D eigenvalue weighted by Crippen LogP contribution is -2.50. The van der Waals surface area contributed by atoms with Crippen LogP contribution in [0.15, 0.2) is 36.4 Å². The highest BCUT2D eigenvalue weighted by atomic mass is 19.1. The van der Waals surface area contributed by atoms with Crippen LogP contribution in [0.5, 0.6) is 0 Å². The number of halogens is 4. The molecule has 2 aromatic carbocycles. The van der Waals surface area contributed by atoms with Crippen LogP contribution in [-0.4, -0.2) is 17.9 Å². The molecule has 2 amide bonds. The largest absolute Gasteiger partial charge is 0.348 e. The van der Waals surface area contributed by atoms with Crippen molar-refractivity contribution < 1.29 is 27.2 Å². The fraction of sp³-hybridized carbons (Fsp3) is 0.300. The predicted molar refractivity (Wildman–Crippen MR) is 95.4 cm³/mol. The van der Waals surface area contributed by atoms with Gasteiger partial charge in [-0.05, 0) is 43.2 Å². The molecule has 8 heteroatoms. The van der Waals surface area contributed by atoms with Crippen molar-refractivity contribution in [2.24, 2.45) is 5.92 Å². The maximum atomic E-state index is 13.9. The van der Waals surface area contributed by atoms with Crippen LogP contribution in [0.3, 0.4) is 0 Å². The Morgan fingerprint density at radius 1 is 0.857 bits per heavy atom. The summed E-state index contributed by atoms with van der Waals surface area (Å²) in [4.78, 5) is 24.9. The van der Waals surface area contributed by atoms with Crippen molar-refractivity contribution in [3.8, 4) is 0 Å². The zero-order valence-electron chi connectivity index (χ0n) is 15.5. The molecule has 0 heterocycles. The molecule has 0 fully saturated rings. The van der Waals surface area contributed by atoms with E-state index < -0.39 is 58.6 Å². The van der Waals surface area contributed by atoms with E-state index in [0.717, 1.165) is 36.4 Å². The molecular formula is C20H20F4N2O2. The van der Waals surface area contributed by atoms with Gasteiger partial charge in [0.15, 0.2) is 0 Å². The van der Waals surface area contributed by atoms with Crippen LogP contribution in [0, 0.1) is 29.2 Å². The normalized spacial score (nSPS) is 13.1. The molecule has 0 aliphatic rings. The molecule has 0 radical (unpaired) electrons. The summed E-state index contributed by atoms with van der Waals surface area (Å²) in [5.74, 6) is -5.71. The third-order valence-corrected chi connectivity index (χ3v) is 4.21. The zero-order chi connectivity index (χ0) is 21.0. The van der Waals surface area contributed by atoms with Gasteiger partial charge in [0.2, 0.25) is 5.91 Å². The van der Waals surface area contributed by atoms with Gasteiger partial charge in [0.05, 0.1) is 6.04 Å². The van der Waals surface area contributed by atoms with E-state index in [0.29, 0.717) is 0 Å². The van der Waals surface area contributed by atoms with Crippen LogP contribution in [0.1, 0.15) is 42.7 Å². The van der Waals surface area contributed by atoms with Gasteiger partial charge in [-0.1, -0.05) is 19.9 Å². The van der Waals surface area contributed by atoms with Crippen LogP contribution >= 0.6 is 0 Å². The second-order valence-corrected chi connectivity index (χ2v) is 6.69. The molecule has 150 valence electrons. The van der Waals surface area contributed by atoms with Gasteiger partial charge >= 0.3 is 0 Å². The number of hydrogen-bond donors (Lipinski definition) is 2. The summed E-state index contributed by atoms with van der Waals surface area (Å²) in [6.07, 6.45) is 0. The maximum Gasteiger partial charge on any atom is 0.257 e. The second kappa shape index (κ2) is 8.86. The first kappa shape index (κ1) is 21.4.